The molecule has 0 radical (unpaired) electrons. The first kappa shape index (κ1) is 16.0. The quantitative estimate of drug-likeness (QED) is 0.508. The first-order valence-corrected chi connectivity index (χ1v) is 8.24. The number of ether oxygens (including phenoxy) is 1. The summed E-state index contributed by atoms with van der Waals surface area (Å²) in [5.74, 6) is 0.986. The van der Waals surface area contributed by atoms with Crippen molar-refractivity contribution in [1.29, 1.82) is 0 Å². The van der Waals surface area contributed by atoms with Gasteiger partial charge in [-0.15, -0.1) is 0 Å². The summed E-state index contributed by atoms with van der Waals surface area (Å²) in [6.07, 6.45) is 1.67. The van der Waals surface area contributed by atoms with Crippen molar-refractivity contribution in [3.63, 3.8) is 0 Å². The van der Waals surface area contributed by atoms with Crippen LogP contribution in [0.2, 0.25) is 0 Å². The summed E-state index contributed by atoms with van der Waals surface area (Å²) in [6, 6.07) is 18.4. The average molecular weight is 344 g/mol. The number of hydrogen-bond acceptors (Lipinski definition) is 5. The number of carbonyl (C=O) groups is 1. The Kier molecular flexibility index (Phi) is 4.19. The molecule has 0 saturated heterocycles. The number of benzene rings is 1. The van der Waals surface area contributed by atoms with E-state index in [0.717, 1.165) is 11.1 Å². The number of esters is 1. The number of aryl methyl sites for hydroxylation is 1. The number of fused-ring (bicyclic) bond motifs is 1. The molecule has 0 N–H and O–H groups in total. The zero-order valence-corrected chi connectivity index (χ0v) is 14.2. The molecular formula is C21H16N2O3. The topological polar surface area (TPSA) is 65.2 Å². The smallest absolute Gasteiger partial charge is 0.339 e. The Morgan fingerprint density at radius 1 is 1.08 bits per heavy atom. The van der Waals surface area contributed by atoms with Gasteiger partial charge in [0.05, 0.1) is 16.8 Å². The number of hydrogen-bond donors (Lipinski definition) is 0. The van der Waals surface area contributed by atoms with Crippen LogP contribution < -0.4 is 0 Å². The molecule has 128 valence electrons. The van der Waals surface area contributed by atoms with Crippen LogP contribution in [0.1, 0.15) is 21.8 Å². The molecule has 26 heavy (non-hydrogen) atoms. The van der Waals surface area contributed by atoms with Crippen molar-refractivity contribution >= 4 is 16.9 Å². The SMILES string of the molecule is Cc1ccc(-c2cc(C(=O)OCc3ccccn3)c3ccccc3n2)o1. The lowest BCUT2D eigenvalue weighted by Gasteiger charge is -2.09. The molecule has 0 aliphatic rings. The summed E-state index contributed by atoms with van der Waals surface area (Å²) in [4.78, 5) is 21.5. The molecule has 0 saturated carbocycles. The normalized spacial score (nSPS) is 10.8. The number of carbonyl (C=O) groups excluding carboxylic acids is 1. The van der Waals surface area contributed by atoms with Gasteiger partial charge >= 0.3 is 5.97 Å². The van der Waals surface area contributed by atoms with E-state index in [-0.39, 0.29) is 6.61 Å². The Morgan fingerprint density at radius 2 is 1.92 bits per heavy atom. The van der Waals surface area contributed by atoms with Crippen molar-refractivity contribution in [2.75, 3.05) is 0 Å². The molecule has 3 aromatic heterocycles. The molecule has 4 rings (SSSR count). The minimum atomic E-state index is -0.418. The third kappa shape index (κ3) is 3.19. The Morgan fingerprint density at radius 3 is 2.69 bits per heavy atom. The van der Waals surface area contributed by atoms with Gasteiger partial charge in [0.25, 0.3) is 0 Å². The summed E-state index contributed by atoms with van der Waals surface area (Å²) in [7, 11) is 0. The summed E-state index contributed by atoms with van der Waals surface area (Å²) in [6.45, 7) is 1.98. The van der Waals surface area contributed by atoms with Crippen LogP contribution in [0.15, 0.2) is 71.3 Å². The highest BCUT2D eigenvalue weighted by atomic mass is 16.5. The van der Waals surface area contributed by atoms with Crippen molar-refractivity contribution < 1.29 is 13.9 Å². The molecule has 4 aromatic rings. The maximum absolute atomic E-state index is 12.7. The third-order valence-electron chi connectivity index (χ3n) is 4.01. The van der Waals surface area contributed by atoms with Crippen molar-refractivity contribution in [2.24, 2.45) is 0 Å². The molecule has 1 aromatic carbocycles. The highest BCUT2D eigenvalue weighted by Gasteiger charge is 2.16. The summed E-state index contributed by atoms with van der Waals surface area (Å²) in [5, 5.41) is 0.741. The fourth-order valence-corrected chi connectivity index (χ4v) is 2.74. The highest BCUT2D eigenvalue weighted by molar-refractivity contribution is 6.04. The highest BCUT2D eigenvalue weighted by Crippen LogP contribution is 2.26. The number of pyridine rings is 2. The fourth-order valence-electron chi connectivity index (χ4n) is 2.74. The molecule has 0 atom stereocenters. The van der Waals surface area contributed by atoms with Crippen LogP contribution in [-0.4, -0.2) is 15.9 Å². The Bertz CT molecular complexity index is 1070. The molecule has 0 bridgehead atoms. The molecule has 0 amide bonds. The van der Waals surface area contributed by atoms with Gasteiger partial charge in [-0.3, -0.25) is 4.98 Å². The molecule has 0 aliphatic heterocycles. The number of nitrogens with zero attached hydrogens (tertiary/aromatic N) is 2. The van der Waals surface area contributed by atoms with Gasteiger partial charge in [0.1, 0.15) is 18.1 Å². The van der Waals surface area contributed by atoms with E-state index >= 15 is 0 Å². The van der Waals surface area contributed by atoms with Gasteiger partial charge in [-0.1, -0.05) is 24.3 Å². The summed E-state index contributed by atoms with van der Waals surface area (Å²) >= 11 is 0. The zero-order valence-electron chi connectivity index (χ0n) is 14.2. The number of rotatable bonds is 4. The second-order valence-corrected chi connectivity index (χ2v) is 5.88. The van der Waals surface area contributed by atoms with Gasteiger partial charge in [0.15, 0.2) is 5.76 Å². The molecule has 0 aliphatic carbocycles. The lowest BCUT2D eigenvalue weighted by atomic mass is 10.1. The minimum Gasteiger partial charge on any atom is -0.460 e. The van der Waals surface area contributed by atoms with Gasteiger partial charge in [0.2, 0.25) is 0 Å². The predicted molar refractivity (Wildman–Crippen MR) is 97.5 cm³/mol. The maximum Gasteiger partial charge on any atom is 0.339 e. The largest absolute Gasteiger partial charge is 0.460 e. The predicted octanol–water partition coefficient (Wildman–Crippen LogP) is 4.56. The molecule has 0 unspecified atom stereocenters. The van der Waals surface area contributed by atoms with Crippen molar-refractivity contribution in [1.82, 2.24) is 9.97 Å². The lowest BCUT2D eigenvalue weighted by Crippen LogP contribution is -2.07. The van der Waals surface area contributed by atoms with E-state index in [2.05, 4.69) is 9.97 Å². The number of furan rings is 1. The summed E-state index contributed by atoms with van der Waals surface area (Å²) < 4.78 is 11.1. The Hall–Kier alpha value is -3.47. The van der Waals surface area contributed by atoms with Crippen molar-refractivity contribution in [2.45, 2.75) is 13.5 Å². The molecule has 0 spiro atoms. The van der Waals surface area contributed by atoms with Crippen molar-refractivity contribution in [3.8, 4) is 11.5 Å². The molecule has 5 nitrogen and oxygen atoms in total. The summed E-state index contributed by atoms with van der Waals surface area (Å²) in [5.41, 5.74) is 2.46. The standard InChI is InChI=1S/C21H16N2O3/c1-14-9-10-20(26-14)19-12-17(16-7-2-3-8-18(16)23-19)21(24)25-13-15-6-4-5-11-22-15/h2-12H,13H2,1H3. The first-order valence-electron chi connectivity index (χ1n) is 8.24. The van der Waals surface area contributed by atoms with Gasteiger partial charge in [0, 0.05) is 11.6 Å². The third-order valence-corrected chi connectivity index (χ3v) is 4.01. The van der Waals surface area contributed by atoms with E-state index in [1.54, 1.807) is 12.3 Å². The van der Waals surface area contributed by atoms with Crippen LogP contribution in [0, 0.1) is 6.92 Å². The monoisotopic (exact) mass is 344 g/mol. The van der Waals surface area contributed by atoms with Crippen LogP contribution >= 0.6 is 0 Å². The maximum atomic E-state index is 12.7. The Balaban J connectivity index is 1.71. The van der Waals surface area contributed by atoms with Gasteiger partial charge < -0.3 is 9.15 Å². The van der Waals surface area contributed by atoms with Gasteiger partial charge in [-0.05, 0) is 43.3 Å². The van der Waals surface area contributed by atoms with Crippen LogP contribution in [0.5, 0.6) is 0 Å². The van der Waals surface area contributed by atoms with Crippen LogP contribution in [0.4, 0.5) is 0 Å². The Labute approximate surface area is 150 Å². The second kappa shape index (κ2) is 6.80. The molecule has 0 fully saturated rings. The van der Waals surface area contributed by atoms with E-state index in [0.29, 0.717) is 28.2 Å². The van der Waals surface area contributed by atoms with E-state index < -0.39 is 5.97 Å². The molecular weight excluding hydrogens is 328 g/mol. The van der Waals surface area contributed by atoms with E-state index in [1.165, 1.54) is 0 Å². The second-order valence-electron chi connectivity index (χ2n) is 5.88. The molecule has 5 heteroatoms. The molecule has 3 heterocycles. The number of para-hydroxylation sites is 1. The van der Waals surface area contributed by atoms with Gasteiger partial charge in [-0.2, -0.15) is 0 Å². The van der Waals surface area contributed by atoms with E-state index in [4.69, 9.17) is 9.15 Å². The zero-order chi connectivity index (χ0) is 17.9. The lowest BCUT2D eigenvalue weighted by molar-refractivity contribution is 0.0470. The van der Waals surface area contributed by atoms with E-state index in [1.807, 2.05) is 61.5 Å². The van der Waals surface area contributed by atoms with Crippen LogP contribution in [0.25, 0.3) is 22.4 Å². The number of aromatic nitrogens is 2. The van der Waals surface area contributed by atoms with Crippen LogP contribution in [0.3, 0.4) is 0 Å². The minimum absolute atomic E-state index is 0.117. The van der Waals surface area contributed by atoms with Crippen molar-refractivity contribution in [3.05, 3.63) is 83.9 Å². The van der Waals surface area contributed by atoms with Gasteiger partial charge in [-0.25, -0.2) is 9.78 Å². The first-order chi connectivity index (χ1) is 12.7. The fraction of sp³-hybridized carbons (Fsp3) is 0.0952. The van der Waals surface area contributed by atoms with E-state index in [9.17, 15) is 4.79 Å². The average Bonchev–Trinajstić information content (AvgIpc) is 3.12. The van der Waals surface area contributed by atoms with Crippen LogP contribution in [-0.2, 0) is 11.3 Å².